The number of carbonyl (C=O) groups is 2. The molecule has 3 rings (SSSR count). The summed E-state index contributed by atoms with van der Waals surface area (Å²) in [5.41, 5.74) is 1.07. The van der Waals surface area contributed by atoms with Crippen LogP contribution < -0.4 is 10.0 Å². The molecule has 7 nitrogen and oxygen atoms in total. The molecule has 1 fully saturated rings. The quantitative estimate of drug-likeness (QED) is 0.754. The van der Waals surface area contributed by atoms with E-state index in [1.54, 1.807) is 24.3 Å². The molecule has 0 bridgehead atoms. The van der Waals surface area contributed by atoms with E-state index in [1.807, 2.05) is 0 Å². The van der Waals surface area contributed by atoms with E-state index in [9.17, 15) is 18.0 Å². The van der Waals surface area contributed by atoms with Gasteiger partial charge in [-0.25, -0.2) is 13.1 Å². The number of rotatable bonds is 4. The lowest BCUT2D eigenvalue weighted by Crippen LogP contribution is -2.40. The molecule has 1 amide bonds. The summed E-state index contributed by atoms with van der Waals surface area (Å²) in [6, 6.07) is 6.06. The van der Waals surface area contributed by atoms with Gasteiger partial charge in [0.2, 0.25) is 10.0 Å². The Kier molecular flexibility index (Phi) is 4.13. The van der Waals surface area contributed by atoms with Crippen LogP contribution in [0.5, 0.6) is 0 Å². The normalized spacial score (nSPS) is 19.8. The molecule has 23 heavy (non-hydrogen) atoms. The molecule has 0 spiro atoms. The Balaban J connectivity index is 1.63. The average molecular weight is 356 g/mol. The van der Waals surface area contributed by atoms with Crippen LogP contribution in [-0.4, -0.2) is 43.4 Å². The fraction of sp³-hybridized carbons (Fsp3) is 0.286. The maximum atomic E-state index is 12.1. The number of ketones is 1. The largest absolute Gasteiger partial charge is 0.351 e. The summed E-state index contributed by atoms with van der Waals surface area (Å²) in [5, 5.41) is 3.84. The van der Waals surface area contributed by atoms with Crippen LogP contribution in [0.15, 0.2) is 24.3 Å². The second-order valence-electron chi connectivity index (χ2n) is 5.34. The van der Waals surface area contributed by atoms with E-state index >= 15 is 0 Å². The van der Waals surface area contributed by atoms with Crippen molar-refractivity contribution in [1.82, 2.24) is 15.0 Å². The van der Waals surface area contributed by atoms with Crippen molar-refractivity contribution in [3.8, 4) is 0 Å². The van der Waals surface area contributed by atoms with Crippen LogP contribution in [0, 0.1) is 0 Å². The minimum atomic E-state index is -3.35. The Labute approximate surface area is 137 Å². The summed E-state index contributed by atoms with van der Waals surface area (Å²) in [5.74, 6) is -0.870. The van der Waals surface area contributed by atoms with Crippen LogP contribution in [-0.2, 0) is 14.8 Å². The number of halogens is 1. The summed E-state index contributed by atoms with van der Waals surface area (Å²) >= 11 is 5.89. The summed E-state index contributed by atoms with van der Waals surface area (Å²) in [6.45, 7) is -0.234. The van der Waals surface area contributed by atoms with Crippen molar-refractivity contribution >= 4 is 44.2 Å². The smallest absolute Gasteiger partial charge is 0.268 e. The van der Waals surface area contributed by atoms with E-state index in [1.165, 1.54) is 0 Å². The summed E-state index contributed by atoms with van der Waals surface area (Å²) < 4.78 is 24.8. The first kappa shape index (κ1) is 16.0. The third kappa shape index (κ3) is 3.54. The molecular formula is C14H14ClN3O4S. The van der Waals surface area contributed by atoms with Crippen LogP contribution in [0.3, 0.4) is 0 Å². The maximum Gasteiger partial charge on any atom is 0.268 e. The van der Waals surface area contributed by atoms with Gasteiger partial charge in [-0.1, -0.05) is 11.6 Å². The highest BCUT2D eigenvalue weighted by atomic mass is 35.5. The van der Waals surface area contributed by atoms with E-state index in [0.717, 1.165) is 10.9 Å². The number of H-pyrrole nitrogens is 1. The average Bonchev–Trinajstić information content (AvgIpc) is 3.07. The molecule has 1 unspecified atom stereocenters. The van der Waals surface area contributed by atoms with Gasteiger partial charge in [-0.05, 0) is 30.7 Å². The molecule has 0 saturated carbocycles. The van der Waals surface area contributed by atoms with Gasteiger partial charge in [0, 0.05) is 15.9 Å². The topological polar surface area (TPSA) is 108 Å². The fourth-order valence-corrected chi connectivity index (χ4v) is 3.97. The molecule has 2 aromatic rings. The van der Waals surface area contributed by atoms with Crippen molar-refractivity contribution in [2.75, 3.05) is 12.3 Å². The van der Waals surface area contributed by atoms with Crippen LogP contribution in [0.1, 0.15) is 16.9 Å². The Hall–Kier alpha value is -1.90. The molecule has 9 heteroatoms. The van der Waals surface area contributed by atoms with Crippen molar-refractivity contribution in [2.45, 2.75) is 12.5 Å². The second-order valence-corrected chi connectivity index (χ2v) is 7.65. The van der Waals surface area contributed by atoms with E-state index in [2.05, 4.69) is 15.0 Å². The highest BCUT2D eigenvalue weighted by Gasteiger charge is 2.31. The van der Waals surface area contributed by atoms with E-state index in [4.69, 9.17) is 11.6 Å². The lowest BCUT2D eigenvalue weighted by atomic mass is 10.1. The summed E-state index contributed by atoms with van der Waals surface area (Å²) in [7, 11) is -3.35. The molecule has 1 aliphatic heterocycles. The number of Topliss-reactive ketones (excluding diaryl/α,β-unsaturated/α-hetero) is 1. The number of hydrogen-bond acceptors (Lipinski definition) is 4. The molecule has 0 radical (unpaired) electrons. The zero-order valence-corrected chi connectivity index (χ0v) is 13.5. The van der Waals surface area contributed by atoms with E-state index < -0.39 is 22.0 Å². The van der Waals surface area contributed by atoms with Gasteiger partial charge in [0.15, 0.2) is 5.78 Å². The molecule has 122 valence electrons. The lowest BCUT2D eigenvalue weighted by molar-refractivity contribution is -0.119. The molecular weight excluding hydrogens is 342 g/mol. The second kappa shape index (κ2) is 5.95. The van der Waals surface area contributed by atoms with Gasteiger partial charge in [0.1, 0.15) is 5.69 Å². The van der Waals surface area contributed by atoms with Gasteiger partial charge in [-0.2, -0.15) is 0 Å². The molecule has 1 saturated heterocycles. The van der Waals surface area contributed by atoms with Gasteiger partial charge in [0.25, 0.3) is 5.91 Å². The lowest BCUT2D eigenvalue weighted by Gasteiger charge is -2.08. The first-order valence-corrected chi connectivity index (χ1v) is 8.96. The van der Waals surface area contributed by atoms with Crippen LogP contribution in [0.2, 0.25) is 5.02 Å². The Morgan fingerprint density at radius 3 is 2.78 bits per heavy atom. The number of benzene rings is 1. The molecule has 1 aliphatic rings. The number of amides is 1. The minimum Gasteiger partial charge on any atom is -0.351 e. The number of sulfonamides is 1. The number of aromatic nitrogens is 1. The predicted molar refractivity (Wildman–Crippen MR) is 86.0 cm³/mol. The third-order valence-electron chi connectivity index (χ3n) is 3.64. The van der Waals surface area contributed by atoms with Gasteiger partial charge < -0.3 is 10.3 Å². The highest BCUT2D eigenvalue weighted by Crippen LogP contribution is 2.20. The molecule has 2 heterocycles. The van der Waals surface area contributed by atoms with Crippen molar-refractivity contribution in [3.05, 3.63) is 35.0 Å². The summed E-state index contributed by atoms with van der Waals surface area (Å²) in [4.78, 5) is 26.9. The van der Waals surface area contributed by atoms with Crippen molar-refractivity contribution in [3.63, 3.8) is 0 Å². The predicted octanol–water partition coefficient (Wildman–Crippen LogP) is 0.812. The minimum absolute atomic E-state index is 0.0693. The number of aromatic amines is 1. The van der Waals surface area contributed by atoms with E-state index in [-0.39, 0.29) is 24.5 Å². The SMILES string of the molecule is O=C(NCC(=O)C1CCS(=O)(=O)N1)c1cc2cc(Cl)ccc2[nH]1. The van der Waals surface area contributed by atoms with E-state index in [0.29, 0.717) is 10.7 Å². The molecule has 1 aromatic carbocycles. The van der Waals surface area contributed by atoms with Crippen LogP contribution >= 0.6 is 11.6 Å². The van der Waals surface area contributed by atoms with Gasteiger partial charge in [-0.3, -0.25) is 9.59 Å². The molecule has 1 aromatic heterocycles. The first-order chi connectivity index (χ1) is 10.8. The number of fused-ring (bicyclic) bond motifs is 1. The first-order valence-electron chi connectivity index (χ1n) is 6.93. The number of hydrogen-bond donors (Lipinski definition) is 3. The van der Waals surface area contributed by atoms with Crippen molar-refractivity contribution < 1.29 is 18.0 Å². The molecule has 3 N–H and O–H groups in total. The monoisotopic (exact) mass is 355 g/mol. The zero-order chi connectivity index (χ0) is 16.6. The van der Waals surface area contributed by atoms with Crippen molar-refractivity contribution in [1.29, 1.82) is 0 Å². The fourth-order valence-electron chi connectivity index (χ4n) is 2.45. The Morgan fingerprint density at radius 2 is 2.09 bits per heavy atom. The zero-order valence-electron chi connectivity index (χ0n) is 11.9. The number of carbonyl (C=O) groups excluding carboxylic acids is 2. The maximum absolute atomic E-state index is 12.1. The summed E-state index contributed by atoms with van der Waals surface area (Å²) in [6.07, 6.45) is 0.224. The van der Waals surface area contributed by atoms with Crippen LogP contribution in [0.25, 0.3) is 10.9 Å². The highest BCUT2D eigenvalue weighted by molar-refractivity contribution is 7.89. The molecule has 1 atom stereocenters. The Morgan fingerprint density at radius 1 is 1.30 bits per heavy atom. The van der Waals surface area contributed by atoms with Gasteiger partial charge in [-0.15, -0.1) is 0 Å². The standard InChI is InChI=1S/C14H14ClN3O4S/c15-9-1-2-10-8(5-9)6-12(17-10)14(20)16-7-13(19)11-3-4-23(21,22)18-11/h1-2,5-6,11,17-18H,3-4,7H2,(H,16,20). The third-order valence-corrected chi connectivity index (χ3v) is 5.29. The molecule has 0 aliphatic carbocycles. The van der Waals surface area contributed by atoms with Gasteiger partial charge >= 0.3 is 0 Å². The van der Waals surface area contributed by atoms with Crippen LogP contribution in [0.4, 0.5) is 0 Å². The van der Waals surface area contributed by atoms with Crippen molar-refractivity contribution in [2.24, 2.45) is 0 Å². The number of nitrogens with one attached hydrogen (secondary N) is 3. The van der Waals surface area contributed by atoms with Gasteiger partial charge in [0.05, 0.1) is 18.3 Å². The Bertz CT molecular complexity index is 891.